The topological polar surface area (TPSA) is 46.3 Å². The predicted molar refractivity (Wildman–Crippen MR) is 74.7 cm³/mol. The minimum atomic E-state index is -0.361. The fraction of sp³-hybridized carbons (Fsp3) is 0.0833. The molecule has 0 saturated carbocycles. The fourth-order valence-electron chi connectivity index (χ4n) is 1.51. The van der Waals surface area contributed by atoms with Gasteiger partial charge in [0.25, 0.3) is 0 Å². The van der Waals surface area contributed by atoms with E-state index in [0.29, 0.717) is 12.1 Å². The Balaban J connectivity index is 0.00000128. The van der Waals surface area contributed by atoms with Gasteiger partial charge in [-0.2, -0.15) is 0 Å². The Hall–Kier alpha value is -1.45. The number of primary amides is 1. The monoisotopic (exact) mass is 272 g/mol. The highest BCUT2D eigenvalue weighted by atomic mass is 35.5. The molecule has 1 aliphatic rings. The molecule has 2 rings (SSSR count). The number of amides is 1. The maximum Gasteiger partial charge on any atom is 0.246 e. The predicted octanol–water partition coefficient (Wildman–Crippen LogP) is 2.28. The molecule has 0 atom stereocenters. The lowest BCUT2D eigenvalue weighted by Gasteiger charge is -2.23. The first-order valence-corrected chi connectivity index (χ1v) is 4.76. The third-order valence-electron chi connectivity index (χ3n) is 2.31. The van der Waals surface area contributed by atoms with Crippen molar-refractivity contribution in [1.29, 1.82) is 0 Å². The Morgan fingerprint density at radius 3 is 2.41 bits per heavy atom. The van der Waals surface area contributed by atoms with Crippen LogP contribution in [0.3, 0.4) is 0 Å². The van der Waals surface area contributed by atoms with Crippen LogP contribution in [-0.4, -0.2) is 12.5 Å². The Labute approximate surface area is 113 Å². The summed E-state index contributed by atoms with van der Waals surface area (Å²) in [5.41, 5.74) is 6.92. The summed E-state index contributed by atoms with van der Waals surface area (Å²) in [6, 6.07) is 9.88. The summed E-state index contributed by atoms with van der Waals surface area (Å²) in [5, 5.41) is 0. The van der Waals surface area contributed by atoms with Gasteiger partial charge in [-0.1, -0.05) is 24.3 Å². The van der Waals surface area contributed by atoms with Crippen LogP contribution in [0.15, 0.2) is 54.3 Å². The summed E-state index contributed by atoms with van der Waals surface area (Å²) >= 11 is 0. The molecule has 0 radical (unpaired) electrons. The van der Waals surface area contributed by atoms with E-state index in [4.69, 9.17) is 5.73 Å². The molecule has 17 heavy (non-hydrogen) atoms. The number of nitrogens with zero attached hydrogens (tertiary/aromatic N) is 1. The maximum atomic E-state index is 11.0. The molecular weight excluding hydrogens is 259 g/mol. The quantitative estimate of drug-likeness (QED) is 0.898. The number of rotatable bonds is 2. The zero-order valence-electron chi connectivity index (χ0n) is 9.08. The second-order valence-electron chi connectivity index (χ2n) is 3.36. The van der Waals surface area contributed by atoms with Crippen molar-refractivity contribution in [1.82, 2.24) is 0 Å². The van der Waals surface area contributed by atoms with Gasteiger partial charge in [0.2, 0.25) is 5.91 Å². The summed E-state index contributed by atoms with van der Waals surface area (Å²) in [7, 11) is 0. The summed E-state index contributed by atoms with van der Waals surface area (Å²) < 4.78 is 0. The molecule has 1 heterocycles. The Kier molecular flexibility index (Phi) is 6.39. The van der Waals surface area contributed by atoms with Crippen molar-refractivity contribution in [3.8, 4) is 0 Å². The molecule has 0 unspecified atom stereocenters. The molecular formula is C12H14Cl2N2O. The SMILES string of the molecule is Cl.Cl.NC(=O)C1=CC=CN(c2ccccc2)C1. The summed E-state index contributed by atoms with van der Waals surface area (Å²) in [6.45, 7) is 0.538. The lowest BCUT2D eigenvalue weighted by atomic mass is 10.1. The lowest BCUT2D eigenvalue weighted by molar-refractivity contribution is -0.114. The zero-order chi connectivity index (χ0) is 10.7. The Morgan fingerprint density at radius 2 is 1.82 bits per heavy atom. The molecule has 5 heteroatoms. The summed E-state index contributed by atoms with van der Waals surface area (Å²) in [5.74, 6) is -0.361. The molecule has 92 valence electrons. The van der Waals surface area contributed by atoms with Crippen molar-refractivity contribution >= 4 is 36.4 Å². The number of hydrogen-bond donors (Lipinski definition) is 1. The van der Waals surface area contributed by atoms with E-state index in [9.17, 15) is 4.79 Å². The molecule has 0 aromatic heterocycles. The van der Waals surface area contributed by atoms with Crippen molar-refractivity contribution in [3.63, 3.8) is 0 Å². The first-order valence-electron chi connectivity index (χ1n) is 4.76. The van der Waals surface area contributed by atoms with Gasteiger partial charge in [0.05, 0.1) is 6.54 Å². The van der Waals surface area contributed by atoms with Crippen LogP contribution in [0.25, 0.3) is 0 Å². The van der Waals surface area contributed by atoms with Gasteiger partial charge < -0.3 is 10.6 Å². The largest absolute Gasteiger partial charge is 0.366 e. The van der Waals surface area contributed by atoms with Gasteiger partial charge >= 0.3 is 0 Å². The van der Waals surface area contributed by atoms with Crippen LogP contribution >= 0.6 is 24.8 Å². The molecule has 0 aliphatic carbocycles. The molecule has 0 bridgehead atoms. The third kappa shape index (κ3) is 3.80. The first kappa shape index (κ1) is 15.6. The van der Waals surface area contributed by atoms with E-state index in [2.05, 4.69) is 0 Å². The molecule has 1 aromatic carbocycles. The van der Waals surface area contributed by atoms with Crippen LogP contribution in [0.2, 0.25) is 0 Å². The lowest BCUT2D eigenvalue weighted by Crippen LogP contribution is -2.28. The summed E-state index contributed by atoms with van der Waals surface area (Å²) in [6.07, 6.45) is 5.51. The molecule has 0 saturated heterocycles. The highest BCUT2D eigenvalue weighted by molar-refractivity contribution is 5.93. The van der Waals surface area contributed by atoms with E-state index >= 15 is 0 Å². The van der Waals surface area contributed by atoms with Crippen LogP contribution in [0.5, 0.6) is 0 Å². The van der Waals surface area contributed by atoms with E-state index in [1.54, 1.807) is 6.08 Å². The van der Waals surface area contributed by atoms with Crippen molar-refractivity contribution in [2.75, 3.05) is 11.4 Å². The molecule has 1 aromatic rings. The molecule has 3 nitrogen and oxygen atoms in total. The van der Waals surface area contributed by atoms with Crippen LogP contribution in [0.1, 0.15) is 0 Å². The minimum Gasteiger partial charge on any atom is -0.366 e. The van der Waals surface area contributed by atoms with Crippen LogP contribution < -0.4 is 10.6 Å². The van der Waals surface area contributed by atoms with Crippen LogP contribution in [0.4, 0.5) is 5.69 Å². The summed E-state index contributed by atoms with van der Waals surface area (Å²) in [4.78, 5) is 13.0. The van der Waals surface area contributed by atoms with E-state index in [1.807, 2.05) is 47.5 Å². The first-order chi connectivity index (χ1) is 7.27. The number of benzene rings is 1. The van der Waals surface area contributed by atoms with Crippen LogP contribution in [-0.2, 0) is 4.79 Å². The van der Waals surface area contributed by atoms with E-state index in [-0.39, 0.29) is 30.7 Å². The smallest absolute Gasteiger partial charge is 0.246 e. The Morgan fingerprint density at radius 1 is 1.18 bits per heavy atom. The third-order valence-corrected chi connectivity index (χ3v) is 2.31. The van der Waals surface area contributed by atoms with Crippen molar-refractivity contribution in [2.45, 2.75) is 0 Å². The number of para-hydroxylation sites is 1. The number of halogens is 2. The van der Waals surface area contributed by atoms with E-state index < -0.39 is 0 Å². The standard InChI is InChI=1S/C12H12N2O.2ClH/c13-12(15)10-5-4-8-14(9-10)11-6-2-1-3-7-11;;/h1-8H,9H2,(H2,13,15);2*1H. The molecule has 1 amide bonds. The van der Waals surface area contributed by atoms with Gasteiger partial charge in [-0.05, 0) is 18.2 Å². The van der Waals surface area contributed by atoms with Gasteiger partial charge in [0, 0.05) is 17.5 Å². The molecule has 0 spiro atoms. The second-order valence-corrected chi connectivity index (χ2v) is 3.36. The maximum absolute atomic E-state index is 11.0. The van der Waals surface area contributed by atoms with E-state index in [1.165, 1.54) is 0 Å². The highest BCUT2D eigenvalue weighted by Gasteiger charge is 2.12. The number of anilines is 1. The van der Waals surface area contributed by atoms with Gasteiger partial charge in [0.15, 0.2) is 0 Å². The van der Waals surface area contributed by atoms with Gasteiger partial charge in [-0.25, -0.2) is 0 Å². The van der Waals surface area contributed by atoms with E-state index in [0.717, 1.165) is 5.69 Å². The number of carbonyl (C=O) groups excluding carboxylic acids is 1. The van der Waals surface area contributed by atoms with Gasteiger partial charge in [-0.15, -0.1) is 24.8 Å². The highest BCUT2D eigenvalue weighted by Crippen LogP contribution is 2.17. The van der Waals surface area contributed by atoms with Crippen LogP contribution in [0, 0.1) is 0 Å². The van der Waals surface area contributed by atoms with Crippen molar-refractivity contribution in [3.05, 3.63) is 54.3 Å². The number of hydrogen-bond acceptors (Lipinski definition) is 2. The van der Waals surface area contributed by atoms with Crippen molar-refractivity contribution in [2.24, 2.45) is 5.73 Å². The normalized spacial score (nSPS) is 13.2. The molecule has 1 aliphatic heterocycles. The Bertz CT molecular complexity index is 429. The number of nitrogens with two attached hydrogens (primary N) is 1. The average Bonchev–Trinajstić information content (AvgIpc) is 2.30. The molecule has 0 fully saturated rings. The number of carbonyl (C=O) groups is 1. The minimum absolute atomic E-state index is 0. The molecule has 2 N–H and O–H groups in total. The van der Waals surface area contributed by atoms with Gasteiger partial charge in [0.1, 0.15) is 0 Å². The average molecular weight is 273 g/mol. The zero-order valence-corrected chi connectivity index (χ0v) is 10.7. The number of allylic oxidation sites excluding steroid dienone is 2. The fourth-order valence-corrected chi connectivity index (χ4v) is 1.51. The second kappa shape index (κ2) is 6.99. The van der Waals surface area contributed by atoms with Gasteiger partial charge in [-0.3, -0.25) is 4.79 Å². The van der Waals surface area contributed by atoms with Crippen molar-refractivity contribution < 1.29 is 4.79 Å².